The van der Waals surface area contributed by atoms with Crippen LogP contribution in [0.15, 0.2) is 35.7 Å². The lowest BCUT2D eigenvalue weighted by Crippen LogP contribution is -2.41. The van der Waals surface area contributed by atoms with Crippen molar-refractivity contribution in [1.29, 1.82) is 0 Å². The van der Waals surface area contributed by atoms with Crippen molar-refractivity contribution in [3.05, 3.63) is 35.7 Å². The Labute approximate surface area is 124 Å². The van der Waals surface area contributed by atoms with Crippen LogP contribution in [0.3, 0.4) is 0 Å². The number of benzene rings is 1. The molecule has 20 heavy (non-hydrogen) atoms. The molecule has 1 aliphatic heterocycles. The van der Waals surface area contributed by atoms with Gasteiger partial charge in [0.1, 0.15) is 0 Å². The van der Waals surface area contributed by atoms with Gasteiger partial charge in [0, 0.05) is 16.4 Å². The normalized spacial score (nSPS) is 20.3. The molecule has 1 aromatic carbocycles. The van der Waals surface area contributed by atoms with Crippen LogP contribution >= 0.6 is 11.5 Å². The molecule has 0 saturated carbocycles. The van der Waals surface area contributed by atoms with Crippen molar-refractivity contribution >= 4 is 24.1 Å². The second-order valence-corrected chi connectivity index (χ2v) is 6.70. The Morgan fingerprint density at radius 2 is 1.60 bits per heavy atom. The minimum atomic E-state index is -0.353. The van der Waals surface area contributed by atoms with Gasteiger partial charge >= 0.3 is 7.12 Å². The van der Waals surface area contributed by atoms with Gasteiger partial charge < -0.3 is 9.31 Å². The summed E-state index contributed by atoms with van der Waals surface area (Å²) in [6, 6.07) is 10.2. The fourth-order valence-corrected chi connectivity index (χ4v) is 2.90. The topological polar surface area (TPSA) is 31.4 Å². The molecule has 1 fully saturated rings. The van der Waals surface area contributed by atoms with E-state index >= 15 is 0 Å². The van der Waals surface area contributed by atoms with Crippen LogP contribution in [0.25, 0.3) is 11.3 Å². The monoisotopic (exact) mass is 287 g/mol. The summed E-state index contributed by atoms with van der Waals surface area (Å²) in [5.74, 6) is 0. The molecule has 2 aromatic rings. The molecule has 0 spiro atoms. The third-order valence-electron chi connectivity index (χ3n) is 4.15. The van der Waals surface area contributed by atoms with Crippen molar-refractivity contribution in [2.75, 3.05) is 0 Å². The van der Waals surface area contributed by atoms with E-state index in [9.17, 15) is 0 Å². The molecule has 0 unspecified atom stereocenters. The lowest BCUT2D eigenvalue weighted by atomic mass is 9.78. The number of aromatic nitrogens is 1. The molecule has 1 aliphatic rings. The average molecular weight is 287 g/mol. The number of nitrogens with zero attached hydrogens (tertiary/aromatic N) is 1. The Bertz CT molecular complexity index is 593. The standard InChI is InChI=1S/C15H18BNO2S/c1-14(2)15(3,4)19-16(18-14)12-10-20-17-13(12)11-8-6-5-7-9-11/h5-10H,1-4H3. The summed E-state index contributed by atoms with van der Waals surface area (Å²) in [7, 11) is -0.353. The molecule has 104 valence electrons. The Balaban J connectivity index is 1.96. The molecule has 0 bridgehead atoms. The second-order valence-electron chi connectivity index (χ2n) is 6.07. The van der Waals surface area contributed by atoms with Crippen molar-refractivity contribution < 1.29 is 9.31 Å². The lowest BCUT2D eigenvalue weighted by molar-refractivity contribution is 0.00578. The van der Waals surface area contributed by atoms with Crippen molar-refractivity contribution in [2.24, 2.45) is 0 Å². The van der Waals surface area contributed by atoms with Crippen LogP contribution in [0.5, 0.6) is 0 Å². The SMILES string of the molecule is CC1(C)OB(c2csnc2-c2ccccc2)OC1(C)C. The van der Waals surface area contributed by atoms with Crippen molar-refractivity contribution in [3.8, 4) is 11.3 Å². The second kappa shape index (κ2) is 4.69. The predicted octanol–water partition coefficient (Wildman–Crippen LogP) is 3.11. The number of hydrogen-bond acceptors (Lipinski definition) is 4. The Morgan fingerprint density at radius 3 is 2.20 bits per heavy atom. The Hall–Kier alpha value is -1.17. The van der Waals surface area contributed by atoms with Gasteiger partial charge in [0.2, 0.25) is 0 Å². The highest BCUT2D eigenvalue weighted by molar-refractivity contribution is 7.05. The summed E-state index contributed by atoms with van der Waals surface area (Å²) in [5, 5.41) is 2.02. The van der Waals surface area contributed by atoms with Gasteiger partial charge in [-0.25, -0.2) is 0 Å². The molecular formula is C15H18BNO2S. The first-order valence-electron chi connectivity index (χ1n) is 6.76. The van der Waals surface area contributed by atoms with Gasteiger partial charge in [-0.2, -0.15) is 4.37 Å². The molecule has 3 rings (SSSR count). The fraction of sp³-hybridized carbons (Fsp3) is 0.400. The summed E-state index contributed by atoms with van der Waals surface area (Å²) < 4.78 is 16.7. The van der Waals surface area contributed by atoms with Crippen LogP contribution in [0.2, 0.25) is 0 Å². The van der Waals surface area contributed by atoms with Gasteiger partial charge in [-0.15, -0.1) is 0 Å². The largest absolute Gasteiger partial charge is 0.498 e. The van der Waals surface area contributed by atoms with Crippen LogP contribution in [0.4, 0.5) is 0 Å². The average Bonchev–Trinajstić information content (AvgIpc) is 2.94. The Kier molecular flexibility index (Phi) is 3.24. The molecule has 1 saturated heterocycles. The van der Waals surface area contributed by atoms with Crippen LogP contribution in [0.1, 0.15) is 27.7 Å². The number of hydrogen-bond donors (Lipinski definition) is 0. The summed E-state index contributed by atoms with van der Waals surface area (Å²) >= 11 is 1.44. The van der Waals surface area contributed by atoms with Gasteiger partial charge in [-0.3, -0.25) is 0 Å². The Morgan fingerprint density at radius 1 is 1.00 bits per heavy atom. The van der Waals surface area contributed by atoms with Crippen molar-refractivity contribution in [3.63, 3.8) is 0 Å². The highest BCUT2D eigenvalue weighted by Crippen LogP contribution is 2.37. The minimum Gasteiger partial charge on any atom is -0.399 e. The molecular weight excluding hydrogens is 269 g/mol. The van der Waals surface area contributed by atoms with Crippen LogP contribution in [-0.4, -0.2) is 22.7 Å². The first-order chi connectivity index (χ1) is 9.41. The quantitative estimate of drug-likeness (QED) is 0.795. The van der Waals surface area contributed by atoms with Crippen LogP contribution in [-0.2, 0) is 9.31 Å². The summed E-state index contributed by atoms with van der Waals surface area (Å²) in [4.78, 5) is 0. The summed E-state index contributed by atoms with van der Waals surface area (Å²) in [6.07, 6.45) is 0. The van der Waals surface area contributed by atoms with E-state index in [-0.39, 0.29) is 18.3 Å². The maximum Gasteiger partial charge on any atom is 0.498 e. The maximum absolute atomic E-state index is 6.12. The first-order valence-corrected chi connectivity index (χ1v) is 7.60. The van der Waals surface area contributed by atoms with E-state index in [1.165, 1.54) is 11.5 Å². The van der Waals surface area contributed by atoms with E-state index in [1.807, 2.05) is 23.6 Å². The molecule has 3 nitrogen and oxygen atoms in total. The molecule has 0 radical (unpaired) electrons. The zero-order valence-electron chi connectivity index (χ0n) is 12.2. The highest BCUT2D eigenvalue weighted by Gasteiger charge is 2.52. The fourth-order valence-electron chi connectivity index (χ4n) is 2.20. The molecule has 0 amide bonds. The van der Waals surface area contributed by atoms with Gasteiger partial charge in [-0.05, 0) is 39.2 Å². The van der Waals surface area contributed by atoms with Gasteiger partial charge in [0.25, 0.3) is 0 Å². The highest BCUT2D eigenvalue weighted by atomic mass is 32.1. The first kappa shape index (κ1) is 13.8. The van der Waals surface area contributed by atoms with Gasteiger partial charge in [-0.1, -0.05) is 30.3 Å². The smallest absolute Gasteiger partial charge is 0.399 e. The van der Waals surface area contributed by atoms with E-state index < -0.39 is 0 Å². The summed E-state index contributed by atoms with van der Waals surface area (Å²) in [6.45, 7) is 8.26. The minimum absolute atomic E-state index is 0.326. The van der Waals surface area contributed by atoms with E-state index in [2.05, 4.69) is 44.2 Å². The van der Waals surface area contributed by atoms with Crippen LogP contribution < -0.4 is 5.46 Å². The van der Waals surface area contributed by atoms with Crippen molar-refractivity contribution in [2.45, 2.75) is 38.9 Å². The molecule has 0 aliphatic carbocycles. The van der Waals surface area contributed by atoms with E-state index in [0.717, 1.165) is 16.7 Å². The molecule has 0 N–H and O–H groups in total. The molecule has 0 atom stereocenters. The number of rotatable bonds is 2. The van der Waals surface area contributed by atoms with E-state index in [1.54, 1.807) is 0 Å². The van der Waals surface area contributed by atoms with Crippen LogP contribution in [0, 0.1) is 0 Å². The van der Waals surface area contributed by atoms with Gasteiger partial charge in [0.15, 0.2) is 0 Å². The maximum atomic E-state index is 6.12. The summed E-state index contributed by atoms with van der Waals surface area (Å²) in [5.41, 5.74) is 2.41. The van der Waals surface area contributed by atoms with Crippen molar-refractivity contribution in [1.82, 2.24) is 4.37 Å². The van der Waals surface area contributed by atoms with Gasteiger partial charge in [0.05, 0.1) is 16.9 Å². The van der Waals surface area contributed by atoms with E-state index in [0.29, 0.717) is 0 Å². The third kappa shape index (κ3) is 2.20. The molecule has 5 heteroatoms. The zero-order valence-corrected chi connectivity index (χ0v) is 13.0. The third-order valence-corrected chi connectivity index (χ3v) is 4.80. The molecule has 2 heterocycles. The molecule has 1 aromatic heterocycles. The predicted molar refractivity (Wildman–Crippen MR) is 83.3 cm³/mol. The van der Waals surface area contributed by atoms with E-state index in [4.69, 9.17) is 9.31 Å². The zero-order chi connectivity index (χ0) is 14.4. The lowest BCUT2D eigenvalue weighted by Gasteiger charge is -2.32.